The molecule has 0 saturated heterocycles. The summed E-state index contributed by atoms with van der Waals surface area (Å²) in [6, 6.07) is 9.18. The Morgan fingerprint density at radius 2 is 1.49 bits per heavy atom. The van der Waals surface area contributed by atoms with Gasteiger partial charge in [-0.1, -0.05) is 50.6 Å². The third-order valence-corrected chi connectivity index (χ3v) is 7.46. The maximum Gasteiger partial charge on any atom is 0.327 e. The number of hydrogen-bond donors (Lipinski definition) is 8. The van der Waals surface area contributed by atoms with Crippen molar-refractivity contribution in [3.63, 3.8) is 0 Å². The van der Waals surface area contributed by atoms with Crippen LogP contribution >= 0.6 is 12.6 Å². The summed E-state index contributed by atoms with van der Waals surface area (Å²) in [6.07, 6.45) is 2.53. The van der Waals surface area contributed by atoms with Gasteiger partial charge in [-0.2, -0.15) is 12.6 Å². The average molecular weight is 584 g/mol. The Balaban J connectivity index is 1.90. The van der Waals surface area contributed by atoms with E-state index in [1.54, 1.807) is 18.3 Å². The predicted molar refractivity (Wildman–Crippen MR) is 159 cm³/mol. The number of H-pyrrole nitrogens is 1. The van der Waals surface area contributed by atoms with E-state index < -0.39 is 47.9 Å². The number of amides is 3. The molecule has 1 aromatic heterocycles. The Bertz CT molecular complexity index is 1360. The lowest BCUT2D eigenvalue weighted by Gasteiger charge is -2.26. The van der Waals surface area contributed by atoms with Crippen molar-refractivity contribution < 1.29 is 29.4 Å². The number of carbonyl (C=O) groups excluding carboxylic acids is 3. The van der Waals surface area contributed by atoms with E-state index in [-0.39, 0.29) is 30.3 Å². The van der Waals surface area contributed by atoms with Crippen LogP contribution in [0.4, 0.5) is 0 Å². The second-order valence-corrected chi connectivity index (χ2v) is 10.4. The lowest BCUT2D eigenvalue weighted by atomic mass is 9.98. The Morgan fingerprint density at radius 3 is 2.10 bits per heavy atom. The van der Waals surface area contributed by atoms with Crippen molar-refractivity contribution in [3.8, 4) is 5.75 Å². The number of aromatic amines is 1. The number of hydrogen-bond acceptors (Lipinski definition) is 7. The van der Waals surface area contributed by atoms with Crippen molar-refractivity contribution in [2.45, 2.75) is 57.3 Å². The van der Waals surface area contributed by atoms with Crippen LogP contribution in [0.25, 0.3) is 10.9 Å². The van der Waals surface area contributed by atoms with Gasteiger partial charge >= 0.3 is 5.97 Å². The molecular weight excluding hydrogens is 546 g/mol. The number of nitrogens with two attached hydrogens (primary N) is 1. The Kier molecular flexibility index (Phi) is 11.2. The van der Waals surface area contributed by atoms with Gasteiger partial charge in [0.1, 0.15) is 23.9 Å². The van der Waals surface area contributed by atoms with Gasteiger partial charge in [0.25, 0.3) is 0 Å². The molecule has 3 rings (SSSR count). The monoisotopic (exact) mass is 583 g/mol. The van der Waals surface area contributed by atoms with Crippen molar-refractivity contribution in [1.29, 1.82) is 0 Å². The average Bonchev–Trinajstić information content (AvgIpc) is 3.37. The van der Waals surface area contributed by atoms with Crippen molar-refractivity contribution in [1.82, 2.24) is 20.9 Å². The van der Waals surface area contributed by atoms with E-state index in [1.165, 1.54) is 12.1 Å². The number of thiol groups is 1. The standard InChI is InChI=1S/C29H37N5O6S/c1-3-16(2)25(30)28(38)33-23(13-18-14-31-21-7-5-4-6-20(18)21)27(37)32-22(12-17-8-10-19(35)11-9-17)26(36)34-24(15-41)29(39)40/h4-11,14,16,22-25,31,35,41H,3,12-13,15,30H2,1-2H3,(H,32,37)(H,33,38)(H,34,36)(H,39,40). The summed E-state index contributed by atoms with van der Waals surface area (Å²) >= 11 is 4.00. The van der Waals surface area contributed by atoms with Crippen molar-refractivity contribution in [3.05, 3.63) is 65.9 Å². The molecule has 0 aliphatic rings. The summed E-state index contributed by atoms with van der Waals surface area (Å²) in [6.45, 7) is 3.76. The van der Waals surface area contributed by atoms with E-state index in [4.69, 9.17) is 5.73 Å². The largest absolute Gasteiger partial charge is 0.508 e. The molecule has 3 aromatic rings. The molecule has 0 aliphatic heterocycles. The molecule has 220 valence electrons. The van der Waals surface area contributed by atoms with E-state index in [9.17, 15) is 29.4 Å². The van der Waals surface area contributed by atoms with Gasteiger partial charge in [-0.25, -0.2) is 4.79 Å². The van der Waals surface area contributed by atoms with Crippen LogP contribution in [-0.4, -0.2) is 68.8 Å². The minimum Gasteiger partial charge on any atom is -0.508 e. The molecule has 2 aromatic carbocycles. The van der Waals surface area contributed by atoms with Gasteiger partial charge in [0.2, 0.25) is 17.7 Å². The molecule has 11 nitrogen and oxygen atoms in total. The number of para-hydroxylation sites is 1. The highest BCUT2D eigenvalue weighted by atomic mass is 32.1. The predicted octanol–water partition coefficient (Wildman–Crippen LogP) is 1.50. The zero-order chi connectivity index (χ0) is 30.1. The molecule has 0 saturated carbocycles. The van der Waals surface area contributed by atoms with Crippen LogP contribution in [0, 0.1) is 5.92 Å². The molecule has 0 bridgehead atoms. The number of aliphatic carboxylic acids is 1. The minimum absolute atomic E-state index is 0.00308. The molecule has 0 radical (unpaired) electrons. The highest BCUT2D eigenvalue weighted by molar-refractivity contribution is 7.80. The maximum absolute atomic E-state index is 13.7. The molecule has 5 atom stereocenters. The Labute approximate surface area is 243 Å². The number of carboxylic acid groups (broad SMARTS) is 1. The van der Waals surface area contributed by atoms with Gasteiger partial charge in [-0.15, -0.1) is 0 Å². The molecule has 41 heavy (non-hydrogen) atoms. The molecule has 12 heteroatoms. The van der Waals surface area contributed by atoms with Crippen LogP contribution < -0.4 is 21.7 Å². The molecule has 0 aliphatic carbocycles. The summed E-state index contributed by atoms with van der Waals surface area (Å²) < 4.78 is 0. The SMILES string of the molecule is CCC(C)C(N)C(=O)NC(Cc1c[nH]c2ccccc12)C(=O)NC(Cc1ccc(O)cc1)C(=O)NC(CS)C(=O)O. The van der Waals surface area contributed by atoms with Crippen LogP contribution in [0.1, 0.15) is 31.4 Å². The number of carboxylic acids is 1. The third kappa shape index (κ3) is 8.48. The Hall–Kier alpha value is -4.03. The zero-order valence-corrected chi connectivity index (χ0v) is 23.9. The number of phenols is 1. The first-order chi connectivity index (χ1) is 19.5. The van der Waals surface area contributed by atoms with Crippen molar-refractivity contribution in [2.24, 2.45) is 11.7 Å². The fourth-order valence-corrected chi connectivity index (χ4v) is 4.56. The lowest BCUT2D eigenvalue weighted by molar-refractivity contribution is -0.141. The van der Waals surface area contributed by atoms with Crippen LogP contribution in [0.3, 0.4) is 0 Å². The van der Waals surface area contributed by atoms with E-state index >= 15 is 0 Å². The summed E-state index contributed by atoms with van der Waals surface area (Å²) in [5.74, 6) is -3.41. The van der Waals surface area contributed by atoms with Crippen LogP contribution in [0.5, 0.6) is 5.75 Å². The number of nitrogens with one attached hydrogen (secondary N) is 4. The van der Waals surface area contributed by atoms with Gasteiger partial charge in [-0.3, -0.25) is 14.4 Å². The molecular formula is C29H37N5O6S. The summed E-state index contributed by atoms with van der Waals surface area (Å²) in [7, 11) is 0. The first-order valence-electron chi connectivity index (χ1n) is 13.4. The normalized spacial score (nSPS) is 14.8. The van der Waals surface area contributed by atoms with Gasteiger partial charge in [0.15, 0.2) is 0 Å². The first-order valence-corrected chi connectivity index (χ1v) is 14.0. The topological polar surface area (TPSA) is 187 Å². The number of fused-ring (bicyclic) bond motifs is 1. The highest BCUT2D eigenvalue weighted by Crippen LogP contribution is 2.20. The fourth-order valence-electron chi connectivity index (χ4n) is 4.32. The minimum atomic E-state index is -1.28. The van der Waals surface area contributed by atoms with E-state index in [2.05, 4.69) is 33.6 Å². The number of aromatic nitrogens is 1. The second-order valence-electron chi connectivity index (χ2n) is 10.0. The lowest BCUT2D eigenvalue weighted by Crippen LogP contribution is -2.58. The van der Waals surface area contributed by atoms with Crippen LogP contribution in [-0.2, 0) is 32.0 Å². The molecule has 8 N–H and O–H groups in total. The summed E-state index contributed by atoms with van der Waals surface area (Å²) in [5, 5.41) is 27.8. The molecule has 3 amide bonds. The zero-order valence-electron chi connectivity index (χ0n) is 23.0. The molecule has 0 spiro atoms. The van der Waals surface area contributed by atoms with Crippen LogP contribution in [0.15, 0.2) is 54.7 Å². The summed E-state index contributed by atoms with van der Waals surface area (Å²) in [4.78, 5) is 54.7. The number of phenolic OH excluding ortho intramolecular Hbond substituents is 1. The number of carbonyl (C=O) groups is 4. The third-order valence-electron chi connectivity index (χ3n) is 7.10. The second kappa shape index (κ2) is 14.6. The Morgan fingerprint density at radius 1 is 0.902 bits per heavy atom. The number of aromatic hydroxyl groups is 1. The van der Waals surface area contributed by atoms with Crippen LogP contribution in [0.2, 0.25) is 0 Å². The fraction of sp³-hybridized carbons (Fsp3) is 0.379. The smallest absolute Gasteiger partial charge is 0.327 e. The van der Waals surface area contributed by atoms with Gasteiger partial charge in [-0.05, 0) is 35.2 Å². The number of rotatable bonds is 14. The van der Waals surface area contributed by atoms with E-state index in [0.29, 0.717) is 12.0 Å². The number of benzene rings is 2. The molecule has 1 heterocycles. The van der Waals surface area contributed by atoms with Crippen molar-refractivity contribution in [2.75, 3.05) is 5.75 Å². The van der Waals surface area contributed by atoms with Gasteiger partial charge in [0, 0.05) is 35.7 Å². The van der Waals surface area contributed by atoms with E-state index in [1.807, 2.05) is 38.1 Å². The quantitative estimate of drug-likeness (QED) is 0.132. The first kappa shape index (κ1) is 31.5. The van der Waals surface area contributed by atoms with Gasteiger partial charge < -0.3 is 36.9 Å². The summed E-state index contributed by atoms with van der Waals surface area (Å²) in [5.41, 5.74) is 8.39. The van der Waals surface area contributed by atoms with Crippen molar-refractivity contribution >= 4 is 47.2 Å². The maximum atomic E-state index is 13.7. The van der Waals surface area contributed by atoms with E-state index in [0.717, 1.165) is 16.5 Å². The van der Waals surface area contributed by atoms with Gasteiger partial charge in [0.05, 0.1) is 6.04 Å². The molecule has 0 fully saturated rings. The highest BCUT2D eigenvalue weighted by Gasteiger charge is 2.31. The molecule has 5 unspecified atom stereocenters.